The van der Waals surface area contributed by atoms with Gasteiger partial charge in [-0.2, -0.15) is 23.7 Å². The first-order valence-electron chi connectivity index (χ1n) is 9.47. The van der Waals surface area contributed by atoms with Gasteiger partial charge in [-0.3, -0.25) is 14.5 Å². The van der Waals surface area contributed by atoms with Gasteiger partial charge in [0.15, 0.2) is 0 Å². The lowest BCUT2D eigenvalue weighted by Crippen LogP contribution is -2.49. The molecule has 1 heterocycles. The zero-order chi connectivity index (χ0) is 23.6. The maximum absolute atomic E-state index is 13.5. The van der Waals surface area contributed by atoms with Crippen LogP contribution in [-0.4, -0.2) is 18.9 Å². The maximum atomic E-state index is 13.5. The van der Waals surface area contributed by atoms with Crippen molar-refractivity contribution < 1.29 is 22.8 Å². The molecule has 1 aliphatic heterocycles. The van der Waals surface area contributed by atoms with E-state index in [1.165, 1.54) is 32.2 Å². The highest BCUT2D eigenvalue weighted by molar-refractivity contribution is 6.12. The van der Waals surface area contributed by atoms with Crippen molar-refractivity contribution in [2.75, 3.05) is 11.9 Å². The molecule has 0 bridgehead atoms. The van der Waals surface area contributed by atoms with Gasteiger partial charge in [-0.05, 0) is 42.8 Å². The van der Waals surface area contributed by atoms with Crippen molar-refractivity contribution in [1.29, 1.82) is 10.5 Å². The minimum atomic E-state index is -4.63. The lowest BCUT2D eigenvalue weighted by molar-refractivity contribution is -0.138. The molecule has 6 nitrogen and oxygen atoms in total. The second-order valence-corrected chi connectivity index (χ2v) is 7.14. The highest BCUT2D eigenvalue weighted by Crippen LogP contribution is 2.43. The quantitative estimate of drug-likeness (QED) is 0.736. The fourth-order valence-electron chi connectivity index (χ4n) is 3.79. The predicted molar refractivity (Wildman–Crippen MR) is 109 cm³/mol. The number of hydrogen-bond acceptors (Lipinski definition) is 4. The van der Waals surface area contributed by atoms with Gasteiger partial charge >= 0.3 is 6.18 Å². The lowest BCUT2D eigenvalue weighted by Gasteiger charge is -2.38. The molecule has 0 saturated heterocycles. The van der Waals surface area contributed by atoms with E-state index in [2.05, 4.69) is 5.32 Å². The Morgan fingerprint density at radius 1 is 1.09 bits per heavy atom. The highest BCUT2D eigenvalue weighted by atomic mass is 19.4. The molecule has 32 heavy (non-hydrogen) atoms. The number of allylic oxidation sites excluding steroid dienone is 2. The number of nitrogens with zero attached hydrogens (tertiary/aromatic N) is 3. The van der Waals surface area contributed by atoms with Gasteiger partial charge in [-0.1, -0.05) is 18.2 Å². The molecule has 1 N–H and O–H groups in total. The molecule has 9 heteroatoms. The first kappa shape index (κ1) is 22.6. The van der Waals surface area contributed by atoms with Gasteiger partial charge in [0.2, 0.25) is 11.8 Å². The standard InChI is InChI=1S/C23H17F3N4O2/c1-13-18(12-28)19(15-8-6-14(11-27)7-9-15)20(21(31)29-2)22(32)30(13)17-5-3-4-16(10-17)23(24,25)26/h3-10,19-20H,1-2H3,(H,29,31). The second-order valence-electron chi connectivity index (χ2n) is 7.14. The summed E-state index contributed by atoms with van der Waals surface area (Å²) in [4.78, 5) is 27.2. The molecular formula is C23H17F3N4O2. The van der Waals surface area contributed by atoms with Crippen LogP contribution in [0.4, 0.5) is 18.9 Å². The average molecular weight is 438 g/mol. The summed E-state index contributed by atoms with van der Waals surface area (Å²) >= 11 is 0. The number of halogens is 3. The van der Waals surface area contributed by atoms with Crippen molar-refractivity contribution in [2.45, 2.75) is 19.0 Å². The van der Waals surface area contributed by atoms with Crippen molar-refractivity contribution in [3.8, 4) is 12.1 Å². The third-order valence-corrected chi connectivity index (χ3v) is 5.34. The van der Waals surface area contributed by atoms with E-state index in [0.29, 0.717) is 11.1 Å². The number of benzene rings is 2. The minimum Gasteiger partial charge on any atom is -0.358 e. The Kier molecular flexibility index (Phi) is 6.04. The largest absolute Gasteiger partial charge is 0.416 e. The Hall–Kier alpha value is -4.11. The van der Waals surface area contributed by atoms with Crippen molar-refractivity contribution in [2.24, 2.45) is 5.92 Å². The molecule has 0 aliphatic carbocycles. The van der Waals surface area contributed by atoms with E-state index in [1.54, 1.807) is 12.1 Å². The number of hydrogen-bond donors (Lipinski definition) is 1. The summed E-state index contributed by atoms with van der Waals surface area (Å²) in [6, 6.07) is 14.3. The Morgan fingerprint density at radius 2 is 1.75 bits per heavy atom. The number of anilines is 1. The number of carbonyl (C=O) groups is 2. The average Bonchev–Trinajstić information content (AvgIpc) is 2.78. The van der Waals surface area contributed by atoms with E-state index in [4.69, 9.17) is 5.26 Å². The number of nitrogens with one attached hydrogen (secondary N) is 1. The molecule has 2 amide bonds. The summed E-state index contributed by atoms with van der Waals surface area (Å²) in [5, 5.41) is 21.3. The zero-order valence-corrected chi connectivity index (χ0v) is 17.1. The van der Waals surface area contributed by atoms with Crippen LogP contribution in [0.1, 0.15) is 29.5 Å². The van der Waals surface area contributed by atoms with Crippen LogP contribution in [0.2, 0.25) is 0 Å². The fraction of sp³-hybridized carbons (Fsp3) is 0.217. The third-order valence-electron chi connectivity index (χ3n) is 5.34. The predicted octanol–water partition coefficient (Wildman–Crippen LogP) is 3.87. The summed E-state index contributed by atoms with van der Waals surface area (Å²) in [5.74, 6) is -3.78. The first-order valence-corrected chi connectivity index (χ1v) is 9.47. The van der Waals surface area contributed by atoms with Crippen LogP contribution in [0.3, 0.4) is 0 Å². The number of alkyl halides is 3. The molecule has 162 valence electrons. The summed E-state index contributed by atoms with van der Waals surface area (Å²) in [7, 11) is 1.33. The van der Waals surface area contributed by atoms with E-state index in [-0.39, 0.29) is 17.0 Å². The van der Waals surface area contributed by atoms with E-state index < -0.39 is 35.4 Å². The van der Waals surface area contributed by atoms with E-state index in [0.717, 1.165) is 23.1 Å². The van der Waals surface area contributed by atoms with Crippen LogP contribution >= 0.6 is 0 Å². The molecule has 0 saturated carbocycles. The molecule has 1 aliphatic rings. The van der Waals surface area contributed by atoms with E-state index >= 15 is 0 Å². The molecule has 2 unspecified atom stereocenters. The van der Waals surface area contributed by atoms with Crippen LogP contribution in [0.25, 0.3) is 0 Å². The van der Waals surface area contributed by atoms with Crippen LogP contribution in [-0.2, 0) is 15.8 Å². The summed E-state index contributed by atoms with van der Waals surface area (Å²) in [6.45, 7) is 1.45. The van der Waals surface area contributed by atoms with Gasteiger partial charge in [0.25, 0.3) is 0 Å². The molecule has 3 rings (SSSR count). The molecule has 2 aromatic carbocycles. The topological polar surface area (TPSA) is 97.0 Å². The van der Waals surface area contributed by atoms with Crippen LogP contribution < -0.4 is 10.2 Å². The third kappa shape index (κ3) is 3.93. The minimum absolute atomic E-state index is 0.0697. The number of nitriles is 2. The highest BCUT2D eigenvalue weighted by Gasteiger charge is 2.46. The van der Waals surface area contributed by atoms with Crippen LogP contribution in [0.15, 0.2) is 59.8 Å². The lowest BCUT2D eigenvalue weighted by atomic mass is 9.75. The van der Waals surface area contributed by atoms with Gasteiger partial charge in [-0.15, -0.1) is 0 Å². The molecule has 2 aromatic rings. The molecule has 2 atom stereocenters. The van der Waals surface area contributed by atoms with Crippen molar-refractivity contribution in [3.63, 3.8) is 0 Å². The summed E-state index contributed by atoms with van der Waals surface area (Å²) < 4.78 is 39.7. The zero-order valence-electron chi connectivity index (χ0n) is 17.1. The van der Waals surface area contributed by atoms with Crippen molar-refractivity contribution >= 4 is 17.5 Å². The maximum Gasteiger partial charge on any atom is 0.416 e. The monoisotopic (exact) mass is 438 g/mol. The Balaban J connectivity index is 2.23. The first-order chi connectivity index (χ1) is 15.1. The van der Waals surface area contributed by atoms with E-state index in [9.17, 15) is 28.0 Å². The molecule has 0 aromatic heterocycles. The Bertz CT molecular complexity index is 1190. The Morgan fingerprint density at radius 3 is 2.28 bits per heavy atom. The summed E-state index contributed by atoms with van der Waals surface area (Å²) in [5.41, 5.74) is -0.0311. The van der Waals surface area contributed by atoms with Crippen molar-refractivity contribution in [1.82, 2.24) is 5.32 Å². The Labute approximate surface area is 182 Å². The van der Waals surface area contributed by atoms with Crippen LogP contribution in [0, 0.1) is 28.6 Å². The molecule has 0 radical (unpaired) electrons. The number of amides is 2. The summed E-state index contributed by atoms with van der Waals surface area (Å²) in [6.07, 6.45) is -4.63. The van der Waals surface area contributed by atoms with Gasteiger partial charge in [-0.25, -0.2) is 0 Å². The molecule has 0 spiro atoms. The van der Waals surface area contributed by atoms with Gasteiger partial charge in [0, 0.05) is 24.4 Å². The van der Waals surface area contributed by atoms with Crippen molar-refractivity contribution in [3.05, 3.63) is 76.5 Å². The SMILES string of the molecule is CNC(=O)C1C(=O)N(c2cccc(C(F)(F)F)c2)C(C)=C(C#N)C1c1ccc(C#N)cc1. The number of carbonyl (C=O) groups excluding carboxylic acids is 2. The van der Waals surface area contributed by atoms with Gasteiger partial charge in [0.1, 0.15) is 5.92 Å². The number of rotatable bonds is 3. The normalized spacial score (nSPS) is 18.7. The molecular weight excluding hydrogens is 421 g/mol. The van der Waals surface area contributed by atoms with Gasteiger partial charge < -0.3 is 5.32 Å². The van der Waals surface area contributed by atoms with Gasteiger partial charge in [0.05, 0.1) is 28.8 Å². The smallest absolute Gasteiger partial charge is 0.358 e. The fourth-order valence-corrected chi connectivity index (χ4v) is 3.79. The van der Waals surface area contributed by atoms with E-state index in [1.807, 2.05) is 12.1 Å². The molecule has 0 fully saturated rings. The van der Waals surface area contributed by atoms with Crippen LogP contribution in [0.5, 0.6) is 0 Å². The second kappa shape index (κ2) is 8.56.